The lowest BCUT2D eigenvalue weighted by atomic mass is 9.12. The van der Waals surface area contributed by atoms with E-state index in [0.717, 1.165) is 5.56 Å². The molecule has 6 rings (SSSR count). The van der Waals surface area contributed by atoms with Crippen LogP contribution in [-0.2, 0) is 60.7 Å². The topological polar surface area (TPSA) is 63.3 Å². The van der Waals surface area contributed by atoms with Crippen molar-refractivity contribution in [1.29, 1.82) is 0 Å². The molecule has 0 aliphatic heterocycles. The summed E-state index contributed by atoms with van der Waals surface area (Å²) in [5.74, 6) is -0.717. The number of hydrogen-bond donors (Lipinski definition) is 1. The van der Waals surface area contributed by atoms with Gasteiger partial charge in [0.05, 0.1) is 50.7 Å². The van der Waals surface area contributed by atoms with Gasteiger partial charge in [-0.2, -0.15) is 132 Å². The number of carboxylic acid groups (broad SMARTS) is 1. The van der Waals surface area contributed by atoms with E-state index in [0.29, 0.717) is 12.4 Å². The number of aliphatic carboxylic acids is 1. The Hall–Kier alpha value is -7.17. The Labute approximate surface area is 403 Å². The smallest absolute Gasteiger partial charge is 0.416 e. The van der Waals surface area contributed by atoms with E-state index in [1.54, 1.807) is 18.6 Å². The molecule has 1 aromatic heterocycles. The van der Waals surface area contributed by atoms with Crippen molar-refractivity contribution < 1.29 is 125 Å². The van der Waals surface area contributed by atoms with Crippen molar-refractivity contribution >= 4 is 34.0 Å². The molecular weight excluding hydrogens is 1080 g/mol. The molecular formula is C45H25BF24N2O3. The minimum absolute atomic E-state index is 0.302. The molecule has 30 heteroatoms. The van der Waals surface area contributed by atoms with Gasteiger partial charge in [0.2, 0.25) is 6.20 Å². The van der Waals surface area contributed by atoms with Crippen molar-refractivity contribution in [3.05, 3.63) is 172 Å². The number of nitrogens with zero attached hydrogens (tertiary/aromatic N) is 2. The number of alkyl halides is 24. The molecule has 0 bridgehead atoms. The average molecular weight is 1110 g/mol. The highest BCUT2D eigenvalue weighted by atomic mass is 19.4. The number of carboxylic acids is 1. The Morgan fingerprint density at radius 1 is 0.440 bits per heavy atom. The van der Waals surface area contributed by atoms with Crippen LogP contribution in [-0.4, -0.2) is 28.8 Å². The van der Waals surface area contributed by atoms with Crippen LogP contribution in [0.5, 0.6) is 5.88 Å². The van der Waals surface area contributed by atoms with E-state index in [1.807, 2.05) is 34.9 Å². The molecule has 0 saturated carbocycles. The first-order valence-corrected chi connectivity index (χ1v) is 20.1. The van der Waals surface area contributed by atoms with Gasteiger partial charge in [0.15, 0.2) is 19.3 Å². The summed E-state index contributed by atoms with van der Waals surface area (Å²) in [6, 6.07) is 1.13. The first-order chi connectivity index (χ1) is 34.0. The lowest BCUT2D eigenvalue weighted by molar-refractivity contribution is -0.689. The molecule has 1 heterocycles. The molecule has 0 spiro atoms. The molecule has 5 aromatic carbocycles. The van der Waals surface area contributed by atoms with E-state index in [-0.39, 0.29) is 6.61 Å². The zero-order valence-electron chi connectivity index (χ0n) is 36.3. The summed E-state index contributed by atoms with van der Waals surface area (Å²) in [6.45, 7) is 0.301. The van der Waals surface area contributed by atoms with E-state index < -0.39 is 201 Å². The fraction of sp³-hybridized carbons (Fsp3) is 0.222. The molecule has 1 N–H and O–H groups in total. The molecule has 0 radical (unpaired) electrons. The number of hydrogen-bond acceptors (Lipinski definition) is 3. The van der Waals surface area contributed by atoms with Gasteiger partial charge >= 0.3 is 55.4 Å². The highest BCUT2D eigenvalue weighted by molar-refractivity contribution is 7.20. The number of halogens is 24. The maximum atomic E-state index is 14.2. The second kappa shape index (κ2) is 20.5. The van der Waals surface area contributed by atoms with Crippen LogP contribution in [0.15, 0.2) is 122 Å². The molecule has 404 valence electrons. The van der Waals surface area contributed by atoms with Crippen LogP contribution in [0, 0.1) is 0 Å². The Bertz CT molecular complexity index is 2570. The van der Waals surface area contributed by atoms with E-state index >= 15 is 0 Å². The van der Waals surface area contributed by atoms with Crippen LogP contribution in [0.3, 0.4) is 0 Å². The molecule has 5 nitrogen and oxygen atoms in total. The third-order valence-corrected chi connectivity index (χ3v) is 10.7. The Morgan fingerprint density at radius 2 is 0.707 bits per heavy atom. The first-order valence-electron chi connectivity index (χ1n) is 20.1. The summed E-state index contributed by atoms with van der Waals surface area (Å²) in [7, 11) is 0. The van der Waals surface area contributed by atoms with Gasteiger partial charge in [-0.3, -0.25) is 0 Å². The quantitative estimate of drug-likeness (QED) is 0.0890. The zero-order valence-corrected chi connectivity index (χ0v) is 36.3. The number of carbonyl (C=O) groups is 1. The van der Waals surface area contributed by atoms with E-state index in [2.05, 4.69) is 4.98 Å². The molecule has 0 saturated heterocycles. The van der Waals surface area contributed by atoms with Gasteiger partial charge in [-0.15, -0.1) is 0 Å². The SMILES string of the molecule is FC(F)(F)c1cc([B-](c2cc(C(F)(F)F)cc(C(F)(F)F)c2)(c2cc(C(F)(F)F)cc(C(F)(F)F)c2)c2cc(C(F)(F)F)cc(C(F)(F)F)c2)cc(C(F)(F)F)c1.O=C(O)COc1c[n+](Cc2ccccc2)ccn1. The van der Waals surface area contributed by atoms with Gasteiger partial charge in [-0.25, -0.2) is 9.78 Å². The minimum Gasteiger partial charge on any atom is -0.479 e. The maximum absolute atomic E-state index is 14.2. The van der Waals surface area contributed by atoms with Crippen molar-refractivity contribution in [2.75, 3.05) is 6.61 Å². The minimum atomic E-state index is -6.13. The molecule has 0 fully saturated rings. The van der Waals surface area contributed by atoms with Crippen molar-refractivity contribution in [3.8, 4) is 5.88 Å². The first kappa shape index (κ1) is 58.7. The lowest BCUT2D eigenvalue weighted by Crippen LogP contribution is -2.75. The van der Waals surface area contributed by atoms with Crippen molar-refractivity contribution in [3.63, 3.8) is 0 Å². The maximum Gasteiger partial charge on any atom is 0.416 e. The van der Waals surface area contributed by atoms with Gasteiger partial charge in [0.1, 0.15) is 6.15 Å². The largest absolute Gasteiger partial charge is 0.479 e. The molecule has 0 aliphatic rings. The summed E-state index contributed by atoms with van der Waals surface area (Å²) < 4.78 is 348. The van der Waals surface area contributed by atoms with E-state index in [9.17, 15) is 110 Å². The molecule has 6 aromatic rings. The Morgan fingerprint density at radius 3 is 0.947 bits per heavy atom. The van der Waals surface area contributed by atoms with Crippen LogP contribution in [0.25, 0.3) is 0 Å². The second-order valence-corrected chi connectivity index (χ2v) is 16.0. The van der Waals surface area contributed by atoms with Crippen molar-refractivity contribution in [2.45, 2.75) is 56.0 Å². The van der Waals surface area contributed by atoms with Crippen LogP contribution < -0.4 is 31.2 Å². The molecule has 75 heavy (non-hydrogen) atoms. The fourth-order valence-corrected chi connectivity index (χ4v) is 7.58. The number of rotatable bonds is 9. The van der Waals surface area contributed by atoms with Crippen LogP contribution in [0.4, 0.5) is 105 Å². The number of aromatic nitrogens is 2. The van der Waals surface area contributed by atoms with Crippen LogP contribution >= 0.6 is 0 Å². The van der Waals surface area contributed by atoms with E-state index in [1.165, 1.54) is 0 Å². The second-order valence-electron chi connectivity index (χ2n) is 16.0. The standard InChI is InChI=1S/C32H12BF24.C13H12N2O3/c34-25(35,36)13-1-14(26(37,38)39)6-21(5-13)33(22-7-15(27(40,41)42)2-16(8-22)28(43,44)45,23-9-17(29(46,47)48)3-18(10-23)30(49,50)51)24-11-19(31(52,53)54)4-20(12-24)32(55,56)57;16-13(17)10-18-12-9-15(7-6-14-12)8-11-4-2-1-3-5-11/h1-12H;1-7,9H,8,10H2/q-1;/p+1. The van der Waals surface area contributed by atoms with Gasteiger partial charge < -0.3 is 9.84 Å². The predicted octanol–water partition coefficient (Wildman–Crippen LogP) is 12.1. The van der Waals surface area contributed by atoms with Crippen LogP contribution in [0.2, 0.25) is 0 Å². The highest BCUT2D eigenvalue weighted by Gasteiger charge is 2.47. The summed E-state index contributed by atoms with van der Waals surface area (Å²) in [4.78, 5) is 14.3. The number of ether oxygens (including phenoxy) is 1. The summed E-state index contributed by atoms with van der Waals surface area (Å²) in [6.07, 6.45) is -49.7. The Kier molecular flexibility index (Phi) is 16.1. The molecule has 0 amide bonds. The summed E-state index contributed by atoms with van der Waals surface area (Å²) in [5, 5.41) is 8.52. The van der Waals surface area contributed by atoms with Gasteiger partial charge in [0.25, 0.3) is 5.88 Å². The molecule has 0 unspecified atom stereocenters. The Balaban J connectivity index is 0.000000483. The molecule has 0 aliphatic carbocycles. The van der Waals surface area contributed by atoms with Gasteiger partial charge in [0, 0.05) is 5.56 Å². The van der Waals surface area contributed by atoms with Gasteiger partial charge in [-0.05, 0) is 24.3 Å². The van der Waals surface area contributed by atoms with E-state index in [4.69, 9.17) is 9.84 Å². The number of benzene rings is 5. The summed E-state index contributed by atoms with van der Waals surface area (Å²) >= 11 is 0. The van der Waals surface area contributed by atoms with Gasteiger partial charge in [-0.1, -0.05) is 78.9 Å². The summed E-state index contributed by atoms with van der Waals surface area (Å²) in [5.41, 5.74) is -29.1. The third-order valence-electron chi connectivity index (χ3n) is 10.7. The van der Waals surface area contributed by atoms with Crippen molar-refractivity contribution in [2.24, 2.45) is 0 Å². The van der Waals surface area contributed by atoms with Crippen LogP contribution in [0.1, 0.15) is 50.1 Å². The third kappa shape index (κ3) is 14.4. The highest BCUT2D eigenvalue weighted by Crippen LogP contribution is 2.41. The normalized spacial score (nSPS) is 13.3. The predicted molar refractivity (Wildman–Crippen MR) is 213 cm³/mol. The lowest BCUT2D eigenvalue weighted by Gasteiger charge is -2.46. The average Bonchev–Trinajstić information content (AvgIpc) is 3.26. The molecule has 0 atom stereocenters. The van der Waals surface area contributed by atoms with Crippen molar-refractivity contribution in [1.82, 2.24) is 4.98 Å². The fourth-order valence-electron chi connectivity index (χ4n) is 7.58. The monoisotopic (exact) mass is 1110 g/mol. The zero-order chi connectivity index (χ0) is 56.7.